The predicted octanol–water partition coefficient (Wildman–Crippen LogP) is 3.85. The predicted molar refractivity (Wildman–Crippen MR) is 140 cm³/mol. The molecule has 0 unspecified atom stereocenters. The zero-order valence-corrected chi connectivity index (χ0v) is 22.2. The fraction of sp³-hybridized carbons (Fsp3) is 0.481. The molecule has 2 aromatic rings. The van der Waals surface area contributed by atoms with Crippen LogP contribution in [0.5, 0.6) is 0 Å². The second-order valence-corrected chi connectivity index (χ2v) is 11.6. The lowest BCUT2D eigenvalue weighted by atomic mass is 10.1. The van der Waals surface area contributed by atoms with Crippen LogP contribution < -0.4 is 9.62 Å². The summed E-state index contributed by atoms with van der Waals surface area (Å²) in [5.41, 5.74) is 4.17. The number of aryl methyl sites for hydroxylation is 2. The Hall–Kier alpha value is -2.87. The smallest absolute Gasteiger partial charge is 0.244 e. The first kappa shape index (κ1) is 26.7. The maximum absolute atomic E-state index is 13.7. The van der Waals surface area contributed by atoms with Crippen LogP contribution in [0.4, 0.5) is 5.69 Å². The second kappa shape index (κ2) is 11.2. The minimum Gasteiger partial charge on any atom is -0.352 e. The quantitative estimate of drug-likeness (QED) is 0.568. The first-order chi connectivity index (χ1) is 16.5. The molecule has 0 aliphatic heterocycles. The van der Waals surface area contributed by atoms with Crippen molar-refractivity contribution in [3.8, 4) is 0 Å². The Bertz CT molecular complexity index is 1160. The summed E-state index contributed by atoms with van der Waals surface area (Å²) in [5.74, 6) is -0.638. The lowest BCUT2D eigenvalue weighted by Gasteiger charge is -2.32. The number of carbonyl (C=O) groups excluding carboxylic acids is 2. The van der Waals surface area contributed by atoms with Gasteiger partial charge >= 0.3 is 0 Å². The van der Waals surface area contributed by atoms with Gasteiger partial charge in [-0.1, -0.05) is 54.8 Å². The Morgan fingerprint density at radius 1 is 1.03 bits per heavy atom. The van der Waals surface area contributed by atoms with Crippen LogP contribution in [0.2, 0.25) is 0 Å². The first-order valence-corrected chi connectivity index (χ1v) is 14.0. The lowest BCUT2D eigenvalue weighted by Crippen LogP contribution is -2.52. The number of benzene rings is 2. The van der Waals surface area contributed by atoms with Crippen LogP contribution >= 0.6 is 0 Å². The molecule has 1 saturated carbocycles. The zero-order chi connectivity index (χ0) is 25.8. The van der Waals surface area contributed by atoms with Crippen LogP contribution in [0, 0.1) is 20.8 Å². The number of carbonyl (C=O) groups is 2. The first-order valence-electron chi connectivity index (χ1n) is 12.2. The SMILES string of the molecule is Cc1ccc(CN(C(=O)CN(c2cccc(C)c2C)S(C)(=O)=O)[C@H](C)C(=O)NC2CCCC2)cc1. The number of rotatable bonds is 9. The molecule has 1 aliphatic carbocycles. The van der Waals surface area contributed by atoms with Crippen molar-refractivity contribution < 1.29 is 18.0 Å². The molecule has 0 heterocycles. The third kappa shape index (κ3) is 6.84. The average Bonchev–Trinajstić information content (AvgIpc) is 3.31. The van der Waals surface area contributed by atoms with E-state index in [0.717, 1.165) is 58.5 Å². The summed E-state index contributed by atoms with van der Waals surface area (Å²) < 4.78 is 26.7. The number of anilines is 1. The van der Waals surface area contributed by atoms with Gasteiger partial charge in [0, 0.05) is 12.6 Å². The van der Waals surface area contributed by atoms with Gasteiger partial charge in [0.2, 0.25) is 21.8 Å². The molecule has 0 bridgehead atoms. The highest BCUT2D eigenvalue weighted by Gasteiger charge is 2.31. The Morgan fingerprint density at radius 2 is 1.66 bits per heavy atom. The number of sulfonamides is 1. The highest BCUT2D eigenvalue weighted by molar-refractivity contribution is 7.92. The van der Waals surface area contributed by atoms with Gasteiger partial charge < -0.3 is 10.2 Å². The van der Waals surface area contributed by atoms with Crippen molar-refractivity contribution in [2.75, 3.05) is 17.1 Å². The number of amides is 2. The Balaban J connectivity index is 1.90. The molecule has 0 spiro atoms. The summed E-state index contributed by atoms with van der Waals surface area (Å²) in [6, 6.07) is 12.5. The van der Waals surface area contributed by atoms with Crippen molar-refractivity contribution in [2.24, 2.45) is 0 Å². The van der Waals surface area contributed by atoms with Crippen LogP contribution in [0.25, 0.3) is 0 Å². The van der Waals surface area contributed by atoms with Crippen molar-refractivity contribution in [3.05, 3.63) is 64.7 Å². The molecule has 1 N–H and O–H groups in total. The van der Waals surface area contributed by atoms with Crippen molar-refractivity contribution in [1.82, 2.24) is 10.2 Å². The van der Waals surface area contributed by atoms with Crippen molar-refractivity contribution >= 4 is 27.5 Å². The molecule has 0 aromatic heterocycles. The minimum atomic E-state index is -3.74. The molecule has 0 radical (unpaired) electrons. The van der Waals surface area contributed by atoms with E-state index in [1.54, 1.807) is 19.1 Å². The third-order valence-corrected chi connectivity index (χ3v) is 7.99. The van der Waals surface area contributed by atoms with Gasteiger partial charge in [-0.15, -0.1) is 0 Å². The normalized spacial score (nSPS) is 15.0. The average molecular weight is 500 g/mol. The van der Waals surface area contributed by atoms with Crippen LogP contribution in [0.3, 0.4) is 0 Å². The van der Waals surface area contributed by atoms with Crippen molar-refractivity contribution in [2.45, 2.75) is 72.0 Å². The number of nitrogens with zero attached hydrogens (tertiary/aromatic N) is 2. The topological polar surface area (TPSA) is 86.8 Å². The summed E-state index contributed by atoms with van der Waals surface area (Å²) in [5, 5.41) is 3.08. The van der Waals surface area contributed by atoms with Crippen molar-refractivity contribution in [3.63, 3.8) is 0 Å². The second-order valence-electron chi connectivity index (χ2n) is 9.66. The maximum Gasteiger partial charge on any atom is 0.244 e. The molecule has 1 atom stereocenters. The summed E-state index contributed by atoms with van der Waals surface area (Å²) in [6.07, 6.45) is 5.16. The lowest BCUT2D eigenvalue weighted by molar-refractivity contribution is -0.139. The largest absolute Gasteiger partial charge is 0.352 e. The molecule has 2 amide bonds. The molecule has 7 nitrogen and oxygen atoms in total. The van der Waals surface area contributed by atoms with E-state index in [9.17, 15) is 18.0 Å². The van der Waals surface area contributed by atoms with Crippen LogP contribution in [0.15, 0.2) is 42.5 Å². The van der Waals surface area contributed by atoms with Gasteiger partial charge in [0.1, 0.15) is 12.6 Å². The van der Waals surface area contributed by atoms with Crippen LogP contribution in [-0.4, -0.2) is 50.0 Å². The fourth-order valence-electron chi connectivity index (χ4n) is 4.47. The van der Waals surface area contributed by atoms with E-state index >= 15 is 0 Å². The molecule has 1 fully saturated rings. The molecule has 3 rings (SSSR count). The van der Waals surface area contributed by atoms with Gasteiger partial charge in [0.15, 0.2) is 0 Å². The van der Waals surface area contributed by atoms with E-state index in [1.807, 2.05) is 51.1 Å². The van der Waals surface area contributed by atoms with Gasteiger partial charge in [0.05, 0.1) is 11.9 Å². The van der Waals surface area contributed by atoms with Gasteiger partial charge in [-0.3, -0.25) is 13.9 Å². The van der Waals surface area contributed by atoms with Gasteiger partial charge in [0.25, 0.3) is 0 Å². The Kier molecular flexibility index (Phi) is 8.59. The van der Waals surface area contributed by atoms with E-state index in [2.05, 4.69) is 5.32 Å². The van der Waals surface area contributed by atoms with E-state index in [4.69, 9.17) is 0 Å². The van der Waals surface area contributed by atoms with E-state index in [-0.39, 0.29) is 25.0 Å². The molecule has 2 aromatic carbocycles. The molecule has 1 aliphatic rings. The van der Waals surface area contributed by atoms with Gasteiger partial charge in [-0.25, -0.2) is 8.42 Å². The summed E-state index contributed by atoms with van der Waals surface area (Å²) >= 11 is 0. The molecular weight excluding hydrogens is 462 g/mol. The highest BCUT2D eigenvalue weighted by Crippen LogP contribution is 2.25. The summed E-state index contributed by atoms with van der Waals surface area (Å²) in [7, 11) is -3.74. The Labute approximate surface area is 209 Å². The van der Waals surface area contributed by atoms with Crippen molar-refractivity contribution in [1.29, 1.82) is 0 Å². The molecule has 8 heteroatoms. The number of hydrogen-bond donors (Lipinski definition) is 1. The van der Waals surface area contributed by atoms with Gasteiger partial charge in [-0.05, 0) is 63.3 Å². The molecule has 190 valence electrons. The number of nitrogens with one attached hydrogen (secondary N) is 1. The standard InChI is InChI=1S/C27H37N3O4S/c1-19-13-15-23(16-14-19)17-29(22(4)27(32)28-24-10-6-7-11-24)26(31)18-30(35(5,33)34)25-12-8-9-20(2)21(25)3/h8-9,12-16,22,24H,6-7,10-11,17-18H2,1-5H3,(H,28,32)/t22-/m1/s1. The molecule has 0 saturated heterocycles. The van der Waals surface area contributed by atoms with Crippen LogP contribution in [0.1, 0.15) is 54.9 Å². The van der Waals surface area contributed by atoms with E-state index < -0.39 is 22.0 Å². The third-order valence-electron chi connectivity index (χ3n) is 6.87. The summed E-state index contributed by atoms with van der Waals surface area (Å²) in [4.78, 5) is 28.3. The molecular formula is C27H37N3O4S. The Morgan fingerprint density at radius 3 is 2.26 bits per heavy atom. The highest BCUT2D eigenvalue weighted by atomic mass is 32.2. The minimum absolute atomic E-state index is 0.128. The maximum atomic E-state index is 13.7. The van der Waals surface area contributed by atoms with Crippen LogP contribution in [-0.2, 0) is 26.2 Å². The monoisotopic (exact) mass is 499 g/mol. The zero-order valence-electron chi connectivity index (χ0n) is 21.4. The molecule has 35 heavy (non-hydrogen) atoms. The van der Waals surface area contributed by atoms with E-state index in [0.29, 0.717) is 5.69 Å². The van der Waals surface area contributed by atoms with Gasteiger partial charge in [-0.2, -0.15) is 0 Å². The number of hydrogen-bond acceptors (Lipinski definition) is 4. The summed E-state index contributed by atoms with van der Waals surface area (Å²) in [6.45, 7) is 7.27. The fourth-order valence-corrected chi connectivity index (χ4v) is 5.37. The van der Waals surface area contributed by atoms with E-state index in [1.165, 1.54) is 4.90 Å².